The molecular formula is C26H22ClFN6O3. The third kappa shape index (κ3) is 5.05. The zero-order valence-corrected chi connectivity index (χ0v) is 20.7. The average Bonchev–Trinajstić information content (AvgIpc) is 3.55. The van der Waals surface area contributed by atoms with Crippen molar-refractivity contribution in [2.75, 3.05) is 0 Å². The van der Waals surface area contributed by atoms with Gasteiger partial charge in [-0.3, -0.25) is 9.59 Å². The van der Waals surface area contributed by atoms with Gasteiger partial charge in [0.25, 0.3) is 5.91 Å². The van der Waals surface area contributed by atoms with Gasteiger partial charge in [-0.2, -0.15) is 4.98 Å². The van der Waals surface area contributed by atoms with Crippen molar-refractivity contribution >= 4 is 23.4 Å². The van der Waals surface area contributed by atoms with Crippen molar-refractivity contribution in [1.82, 2.24) is 30.7 Å². The van der Waals surface area contributed by atoms with Crippen LogP contribution in [0.15, 0.2) is 59.6 Å². The van der Waals surface area contributed by atoms with E-state index in [0.717, 1.165) is 0 Å². The fourth-order valence-corrected chi connectivity index (χ4v) is 4.23. The van der Waals surface area contributed by atoms with Crippen LogP contribution in [0.3, 0.4) is 0 Å². The Hall–Kier alpha value is -4.18. The van der Waals surface area contributed by atoms with Crippen LogP contribution < -0.4 is 10.6 Å². The normalized spacial score (nSPS) is 14.6. The van der Waals surface area contributed by atoms with Crippen LogP contribution in [0.25, 0.3) is 22.5 Å². The predicted octanol–water partition coefficient (Wildman–Crippen LogP) is 4.43. The second-order valence-electron chi connectivity index (χ2n) is 8.92. The molecule has 11 heteroatoms. The Bertz CT molecular complexity index is 1490. The number of carbonyl (C=O) groups is 2. The van der Waals surface area contributed by atoms with Crippen LogP contribution in [0.4, 0.5) is 4.39 Å². The van der Waals surface area contributed by atoms with E-state index in [0.29, 0.717) is 51.8 Å². The van der Waals surface area contributed by atoms with E-state index in [1.165, 1.54) is 24.8 Å². The van der Waals surface area contributed by atoms with Crippen molar-refractivity contribution in [1.29, 1.82) is 0 Å². The summed E-state index contributed by atoms with van der Waals surface area (Å²) < 4.78 is 20.4. The predicted molar refractivity (Wildman–Crippen MR) is 133 cm³/mol. The van der Waals surface area contributed by atoms with Crippen molar-refractivity contribution < 1.29 is 18.5 Å². The summed E-state index contributed by atoms with van der Waals surface area (Å²) in [6.07, 6.45) is 5.04. The molecule has 37 heavy (non-hydrogen) atoms. The number of nitrogens with one attached hydrogen (secondary N) is 2. The summed E-state index contributed by atoms with van der Waals surface area (Å²) >= 11 is 6.22. The van der Waals surface area contributed by atoms with Crippen molar-refractivity contribution in [3.05, 3.63) is 83.0 Å². The number of amides is 2. The summed E-state index contributed by atoms with van der Waals surface area (Å²) in [7, 11) is 0. The highest BCUT2D eigenvalue weighted by Crippen LogP contribution is 2.37. The Morgan fingerprint density at radius 1 is 1.11 bits per heavy atom. The van der Waals surface area contributed by atoms with Crippen molar-refractivity contribution in [2.45, 2.75) is 38.3 Å². The molecule has 1 fully saturated rings. The molecule has 0 radical (unpaired) electrons. The molecule has 9 nitrogen and oxygen atoms in total. The van der Waals surface area contributed by atoms with Crippen LogP contribution in [0.2, 0.25) is 5.02 Å². The molecular weight excluding hydrogens is 499 g/mol. The van der Waals surface area contributed by atoms with Gasteiger partial charge < -0.3 is 15.2 Å². The van der Waals surface area contributed by atoms with Crippen molar-refractivity contribution in [2.24, 2.45) is 0 Å². The molecule has 1 aliphatic rings. The zero-order valence-electron chi connectivity index (χ0n) is 20.0. The number of aryl methyl sites for hydroxylation is 1. The van der Waals surface area contributed by atoms with Crippen LogP contribution in [-0.4, -0.2) is 37.5 Å². The van der Waals surface area contributed by atoms with Crippen LogP contribution in [-0.2, 0) is 4.79 Å². The summed E-state index contributed by atoms with van der Waals surface area (Å²) in [4.78, 5) is 37.4. The molecule has 5 rings (SSSR count). The molecule has 2 aromatic carbocycles. The zero-order chi connectivity index (χ0) is 26.2. The number of aromatic nitrogens is 4. The minimum Gasteiger partial charge on any atom is -0.347 e. The van der Waals surface area contributed by atoms with Gasteiger partial charge in [0, 0.05) is 35.5 Å². The number of carbonyl (C=O) groups excluding carboxylic acids is 2. The molecule has 1 aliphatic carbocycles. The first-order valence-electron chi connectivity index (χ1n) is 11.5. The maximum Gasteiger partial charge on any atom is 0.255 e. The van der Waals surface area contributed by atoms with Gasteiger partial charge in [0.05, 0.1) is 11.6 Å². The quantitative estimate of drug-likeness (QED) is 0.369. The maximum absolute atomic E-state index is 15.3. The maximum atomic E-state index is 15.3. The third-order valence-electron chi connectivity index (χ3n) is 6.24. The van der Waals surface area contributed by atoms with Gasteiger partial charge >= 0.3 is 0 Å². The molecule has 2 amide bonds. The Morgan fingerprint density at radius 2 is 1.86 bits per heavy atom. The van der Waals surface area contributed by atoms with E-state index in [2.05, 4.69) is 30.7 Å². The molecule has 2 N–H and O–H groups in total. The molecule has 188 valence electrons. The van der Waals surface area contributed by atoms with Gasteiger partial charge in [-0.1, -0.05) is 28.9 Å². The van der Waals surface area contributed by atoms with Crippen LogP contribution in [0.1, 0.15) is 47.6 Å². The lowest BCUT2D eigenvalue weighted by atomic mass is 9.96. The van der Waals surface area contributed by atoms with E-state index in [-0.39, 0.29) is 11.5 Å². The summed E-state index contributed by atoms with van der Waals surface area (Å²) in [5.74, 6) is -0.545. The van der Waals surface area contributed by atoms with Gasteiger partial charge in [-0.15, -0.1) is 0 Å². The topological polar surface area (TPSA) is 123 Å². The third-order valence-corrected chi connectivity index (χ3v) is 6.47. The Balaban J connectivity index is 1.34. The molecule has 0 aliphatic heterocycles. The summed E-state index contributed by atoms with van der Waals surface area (Å²) in [6.45, 7) is 3.37. The SMILES string of the molecule is Cc1nc(-c2ccc(Cl)cc2-c2ccc([C@@H](C)NC(=O)C3(NC(=O)c4cncnc4)CC3)c(F)c2)no1. The van der Waals surface area contributed by atoms with E-state index < -0.39 is 23.3 Å². The van der Waals surface area contributed by atoms with Gasteiger partial charge in [0.2, 0.25) is 17.6 Å². The van der Waals surface area contributed by atoms with E-state index in [9.17, 15) is 9.59 Å². The summed E-state index contributed by atoms with van der Waals surface area (Å²) in [6, 6.07) is 9.25. The number of rotatable bonds is 7. The Morgan fingerprint density at radius 3 is 2.51 bits per heavy atom. The lowest BCUT2D eigenvalue weighted by molar-refractivity contribution is -0.124. The molecule has 4 aromatic rings. The molecule has 1 saturated carbocycles. The van der Waals surface area contributed by atoms with E-state index >= 15 is 4.39 Å². The second-order valence-corrected chi connectivity index (χ2v) is 9.36. The average molecular weight is 521 g/mol. The van der Waals surface area contributed by atoms with E-state index in [1.807, 2.05) is 0 Å². The minimum absolute atomic E-state index is 0.257. The first-order valence-corrected chi connectivity index (χ1v) is 11.9. The highest BCUT2D eigenvalue weighted by Gasteiger charge is 2.51. The number of nitrogens with zero attached hydrogens (tertiary/aromatic N) is 4. The second kappa shape index (κ2) is 9.70. The summed E-state index contributed by atoms with van der Waals surface area (Å²) in [5.41, 5.74) is 1.37. The van der Waals surface area contributed by atoms with Crippen LogP contribution in [0.5, 0.6) is 0 Å². The van der Waals surface area contributed by atoms with Gasteiger partial charge in [-0.05, 0) is 55.2 Å². The van der Waals surface area contributed by atoms with Gasteiger partial charge in [-0.25, -0.2) is 14.4 Å². The van der Waals surface area contributed by atoms with Crippen molar-refractivity contribution in [3.63, 3.8) is 0 Å². The highest BCUT2D eigenvalue weighted by atomic mass is 35.5. The Kier molecular flexibility index (Phi) is 6.43. The summed E-state index contributed by atoms with van der Waals surface area (Å²) in [5, 5.41) is 10.0. The molecule has 1 atom stereocenters. The fourth-order valence-electron chi connectivity index (χ4n) is 4.06. The fraction of sp³-hybridized carbons (Fsp3) is 0.231. The molecule has 0 saturated heterocycles. The van der Waals surface area contributed by atoms with Crippen molar-refractivity contribution in [3.8, 4) is 22.5 Å². The van der Waals surface area contributed by atoms with E-state index in [4.69, 9.17) is 16.1 Å². The van der Waals surface area contributed by atoms with Crippen LogP contribution >= 0.6 is 11.6 Å². The smallest absolute Gasteiger partial charge is 0.255 e. The van der Waals surface area contributed by atoms with Crippen LogP contribution in [0, 0.1) is 12.7 Å². The number of hydrogen-bond donors (Lipinski definition) is 2. The lowest BCUT2D eigenvalue weighted by Crippen LogP contribution is -2.49. The first kappa shape index (κ1) is 24.5. The monoisotopic (exact) mass is 520 g/mol. The van der Waals surface area contributed by atoms with Gasteiger partial charge in [0.1, 0.15) is 17.7 Å². The molecule has 0 bridgehead atoms. The lowest BCUT2D eigenvalue weighted by Gasteiger charge is -2.21. The number of benzene rings is 2. The molecule has 2 heterocycles. The number of halogens is 2. The molecule has 0 spiro atoms. The Labute approximate surface area is 216 Å². The first-order chi connectivity index (χ1) is 17.8. The standard InChI is InChI=1S/C26H22ClFN6O3/c1-14(31-25(36)26(7-8-26)33-24(35)17-11-29-13-30-12-17)19-5-3-16(9-22(19)28)21-10-18(27)4-6-20(21)23-32-15(2)37-34-23/h3-6,9-14H,7-8H2,1-2H3,(H,31,36)(H,33,35)/t14-/m1/s1. The van der Waals surface area contributed by atoms with E-state index in [1.54, 1.807) is 44.2 Å². The molecule has 2 aromatic heterocycles. The minimum atomic E-state index is -1.03. The largest absolute Gasteiger partial charge is 0.347 e. The highest BCUT2D eigenvalue weighted by molar-refractivity contribution is 6.31. The molecule has 0 unspecified atom stereocenters. The number of hydrogen-bond acceptors (Lipinski definition) is 7. The van der Waals surface area contributed by atoms with Gasteiger partial charge in [0.15, 0.2) is 0 Å².